The van der Waals surface area contributed by atoms with E-state index < -0.39 is 0 Å². The highest BCUT2D eigenvalue weighted by atomic mass is 16.5. The van der Waals surface area contributed by atoms with Gasteiger partial charge in [-0.3, -0.25) is 9.69 Å². The van der Waals surface area contributed by atoms with Gasteiger partial charge in [-0.15, -0.1) is 0 Å². The number of likely N-dealkylation sites (N-methyl/N-ethyl adjacent to an activating group) is 1. The molecule has 0 saturated carbocycles. The predicted octanol–water partition coefficient (Wildman–Crippen LogP) is 4.60. The van der Waals surface area contributed by atoms with Gasteiger partial charge >= 0.3 is 0 Å². The van der Waals surface area contributed by atoms with Crippen LogP contribution < -0.4 is 4.74 Å². The summed E-state index contributed by atoms with van der Waals surface area (Å²) in [6, 6.07) is 21.9. The average Bonchev–Trinajstić information content (AvgIpc) is 2.90. The van der Waals surface area contributed by atoms with Crippen LogP contribution in [-0.2, 0) is 6.54 Å². The van der Waals surface area contributed by atoms with E-state index in [4.69, 9.17) is 4.74 Å². The summed E-state index contributed by atoms with van der Waals surface area (Å²) >= 11 is 0. The van der Waals surface area contributed by atoms with E-state index in [9.17, 15) is 9.90 Å². The first-order valence-electron chi connectivity index (χ1n) is 12.5. The molecule has 1 amide bonds. The van der Waals surface area contributed by atoms with Crippen LogP contribution in [0.15, 0.2) is 72.9 Å². The van der Waals surface area contributed by atoms with Crippen LogP contribution in [0.2, 0.25) is 0 Å². The Hall–Kier alpha value is -3.48. The first-order chi connectivity index (χ1) is 17.4. The van der Waals surface area contributed by atoms with Crippen molar-refractivity contribution in [1.29, 1.82) is 0 Å². The summed E-state index contributed by atoms with van der Waals surface area (Å²) in [6.45, 7) is 5.83. The Kier molecular flexibility index (Phi) is 8.52. The molecule has 1 aliphatic rings. The Bertz CT molecular complexity index is 1170. The second kappa shape index (κ2) is 12.0. The molecule has 4 rings (SSSR count). The number of rotatable bonds is 8. The fourth-order valence-corrected chi connectivity index (χ4v) is 4.45. The molecule has 1 N–H and O–H groups in total. The van der Waals surface area contributed by atoms with Crippen LogP contribution in [-0.4, -0.2) is 64.7 Å². The zero-order chi connectivity index (χ0) is 25.5. The van der Waals surface area contributed by atoms with Crippen molar-refractivity contribution in [3.8, 4) is 5.88 Å². The number of pyridine rings is 1. The first-order valence-corrected chi connectivity index (χ1v) is 12.5. The van der Waals surface area contributed by atoms with Crippen LogP contribution in [0.25, 0.3) is 12.2 Å². The van der Waals surface area contributed by atoms with Crippen molar-refractivity contribution in [2.75, 3.05) is 26.7 Å². The van der Waals surface area contributed by atoms with E-state index in [-0.39, 0.29) is 30.6 Å². The number of ether oxygens (including phenoxy) is 1. The molecule has 6 heteroatoms. The molecular weight excluding hydrogens is 450 g/mol. The van der Waals surface area contributed by atoms with E-state index >= 15 is 0 Å². The molecule has 6 nitrogen and oxygen atoms in total. The molecule has 0 fully saturated rings. The maximum Gasteiger partial charge on any atom is 0.259 e. The molecule has 0 radical (unpaired) electrons. The summed E-state index contributed by atoms with van der Waals surface area (Å²) in [6.07, 6.45) is 5.51. The summed E-state index contributed by atoms with van der Waals surface area (Å²) in [5.74, 6) is 0.224. The van der Waals surface area contributed by atoms with Crippen LogP contribution >= 0.6 is 0 Å². The number of hydrogen-bond donors (Lipinski definition) is 1. The van der Waals surface area contributed by atoms with E-state index in [0.29, 0.717) is 24.5 Å². The second-order valence-electron chi connectivity index (χ2n) is 9.67. The van der Waals surface area contributed by atoms with Crippen molar-refractivity contribution < 1.29 is 14.6 Å². The van der Waals surface area contributed by atoms with E-state index in [1.807, 2.05) is 73.7 Å². The van der Waals surface area contributed by atoms with Crippen LogP contribution in [0.4, 0.5) is 0 Å². The third kappa shape index (κ3) is 6.39. The number of aliphatic hydroxyl groups excluding tert-OH is 1. The van der Waals surface area contributed by atoms with Gasteiger partial charge < -0.3 is 14.7 Å². The van der Waals surface area contributed by atoms with Gasteiger partial charge in [-0.2, -0.15) is 0 Å². The zero-order valence-electron chi connectivity index (χ0n) is 21.2. The van der Waals surface area contributed by atoms with Crippen molar-refractivity contribution in [1.82, 2.24) is 14.8 Å². The van der Waals surface area contributed by atoms with Gasteiger partial charge in [0, 0.05) is 31.7 Å². The Morgan fingerprint density at radius 2 is 1.78 bits per heavy atom. The maximum atomic E-state index is 13.6. The van der Waals surface area contributed by atoms with E-state index in [1.165, 1.54) is 5.56 Å². The molecule has 3 atom stereocenters. The largest absolute Gasteiger partial charge is 0.472 e. The smallest absolute Gasteiger partial charge is 0.259 e. The number of aromatic nitrogens is 1. The molecule has 3 aromatic rings. The molecule has 1 aromatic heterocycles. The van der Waals surface area contributed by atoms with Gasteiger partial charge in [0.05, 0.1) is 12.6 Å². The average molecular weight is 486 g/mol. The second-order valence-corrected chi connectivity index (χ2v) is 9.67. The summed E-state index contributed by atoms with van der Waals surface area (Å²) in [4.78, 5) is 22.2. The van der Waals surface area contributed by atoms with Crippen LogP contribution in [0, 0.1) is 5.92 Å². The van der Waals surface area contributed by atoms with Crippen molar-refractivity contribution in [3.05, 3.63) is 95.2 Å². The van der Waals surface area contributed by atoms with Crippen LogP contribution in [0.3, 0.4) is 0 Å². The summed E-state index contributed by atoms with van der Waals surface area (Å²) in [5.41, 5.74) is 3.54. The van der Waals surface area contributed by atoms with Gasteiger partial charge in [0.25, 0.3) is 5.91 Å². The van der Waals surface area contributed by atoms with Crippen molar-refractivity contribution >= 4 is 18.1 Å². The Morgan fingerprint density at radius 3 is 2.47 bits per heavy atom. The molecule has 188 valence electrons. The number of fused-ring (bicyclic) bond motifs is 1. The molecule has 2 heterocycles. The predicted molar refractivity (Wildman–Crippen MR) is 144 cm³/mol. The maximum absolute atomic E-state index is 13.6. The molecule has 0 saturated heterocycles. The monoisotopic (exact) mass is 485 g/mol. The van der Waals surface area contributed by atoms with Crippen molar-refractivity contribution in [3.63, 3.8) is 0 Å². The van der Waals surface area contributed by atoms with Gasteiger partial charge in [0.2, 0.25) is 5.88 Å². The SMILES string of the molecule is C[C@H](CO)N1C[C@H](C)[C@H](CN(C)Cc2ccccc2)Oc2ncc(/C=C/c3ccccc3)cc2C1=O. The highest BCUT2D eigenvalue weighted by Gasteiger charge is 2.34. The van der Waals surface area contributed by atoms with Gasteiger partial charge in [-0.25, -0.2) is 4.98 Å². The van der Waals surface area contributed by atoms with E-state index in [0.717, 1.165) is 17.7 Å². The number of aliphatic hydroxyl groups is 1. The Labute approximate surface area is 213 Å². The molecular formula is C30H35N3O3. The van der Waals surface area contributed by atoms with Gasteiger partial charge in [-0.1, -0.05) is 79.7 Å². The minimum atomic E-state index is -0.308. The zero-order valence-corrected chi connectivity index (χ0v) is 21.2. The number of benzene rings is 2. The minimum absolute atomic E-state index is 0.0498. The number of carbonyl (C=O) groups is 1. The summed E-state index contributed by atoms with van der Waals surface area (Å²) in [5, 5.41) is 9.88. The molecule has 0 unspecified atom stereocenters. The third-order valence-corrected chi connectivity index (χ3v) is 6.60. The van der Waals surface area contributed by atoms with Crippen LogP contribution in [0.5, 0.6) is 5.88 Å². The fourth-order valence-electron chi connectivity index (χ4n) is 4.45. The molecule has 2 aromatic carbocycles. The lowest BCUT2D eigenvalue weighted by atomic mass is 9.99. The highest BCUT2D eigenvalue weighted by Crippen LogP contribution is 2.28. The number of hydrogen-bond acceptors (Lipinski definition) is 5. The highest BCUT2D eigenvalue weighted by molar-refractivity contribution is 5.97. The van der Waals surface area contributed by atoms with Crippen LogP contribution in [0.1, 0.15) is 40.9 Å². The number of amides is 1. The molecule has 0 bridgehead atoms. The first kappa shape index (κ1) is 25.6. The summed E-state index contributed by atoms with van der Waals surface area (Å²) < 4.78 is 6.42. The van der Waals surface area contributed by atoms with Gasteiger partial charge in [0.15, 0.2) is 0 Å². The van der Waals surface area contributed by atoms with E-state index in [1.54, 1.807) is 11.1 Å². The molecule has 1 aliphatic heterocycles. The minimum Gasteiger partial charge on any atom is -0.472 e. The number of carbonyl (C=O) groups excluding carboxylic acids is 1. The fraction of sp³-hybridized carbons (Fsp3) is 0.333. The van der Waals surface area contributed by atoms with Gasteiger partial charge in [-0.05, 0) is 36.7 Å². The quantitative estimate of drug-likeness (QED) is 0.505. The Morgan fingerprint density at radius 1 is 1.11 bits per heavy atom. The lowest BCUT2D eigenvalue weighted by Crippen LogP contribution is -2.49. The van der Waals surface area contributed by atoms with E-state index in [2.05, 4.69) is 36.0 Å². The topological polar surface area (TPSA) is 65.9 Å². The molecule has 0 spiro atoms. The van der Waals surface area contributed by atoms with Gasteiger partial charge in [0.1, 0.15) is 11.7 Å². The summed E-state index contributed by atoms with van der Waals surface area (Å²) in [7, 11) is 2.08. The lowest BCUT2D eigenvalue weighted by molar-refractivity contribution is 0.0325. The third-order valence-electron chi connectivity index (χ3n) is 6.60. The standard InChI is InChI=1S/C30H35N3O3/c1-22-18-33(23(2)21-34)30(35)27-16-26(15-14-24-10-6-4-7-11-24)17-31-29(27)36-28(22)20-32(3)19-25-12-8-5-9-13-25/h4-17,22-23,28,34H,18-21H2,1-3H3/b15-14+/t22-,23+,28-/m0/s1. The molecule has 0 aliphatic carbocycles. The molecule has 36 heavy (non-hydrogen) atoms. The van der Waals surface area contributed by atoms with Crippen molar-refractivity contribution in [2.24, 2.45) is 5.92 Å². The number of nitrogens with zero attached hydrogens (tertiary/aromatic N) is 3. The Balaban J connectivity index is 1.61. The normalized spacial score (nSPS) is 19.0. The lowest BCUT2D eigenvalue weighted by Gasteiger charge is -2.37. The van der Waals surface area contributed by atoms with Crippen molar-refractivity contribution in [2.45, 2.75) is 32.5 Å².